The minimum absolute atomic E-state index is 0.518. The van der Waals surface area contributed by atoms with Crippen molar-refractivity contribution in [2.75, 3.05) is 19.8 Å². The van der Waals surface area contributed by atoms with Crippen LogP contribution in [-0.2, 0) is 4.74 Å². The van der Waals surface area contributed by atoms with Crippen LogP contribution in [0.1, 0.15) is 13.3 Å². The van der Waals surface area contributed by atoms with Crippen molar-refractivity contribution in [3.63, 3.8) is 0 Å². The molecule has 1 aliphatic rings. The standard InChI is InChI=1S/C13H18BrNOS/c1-2-15-12-7-8-16-9-13(12)17-11-5-3-10(14)4-6-11/h3-6,12-13,15H,2,7-9H2,1H3. The normalized spacial score (nSPS) is 24.8. The molecule has 1 saturated heterocycles. The Balaban J connectivity index is 1.97. The van der Waals surface area contributed by atoms with Crippen LogP contribution in [0, 0.1) is 0 Å². The predicted molar refractivity (Wildman–Crippen MR) is 76.7 cm³/mol. The molecule has 2 atom stereocenters. The summed E-state index contributed by atoms with van der Waals surface area (Å²) in [5.74, 6) is 0. The van der Waals surface area contributed by atoms with E-state index in [1.54, 1.807) is 0 Å². The van der Waals surface area contributed by atoms with Gasteiger partial charge in [0.05, 0.1) is 6.61 Å². The molecule has 1 heterocycles. The SMILES string of the molecule is CCNC1CCOCC1Sc1ccc(Br)cc1. The van der Waals surface area contributed by atoms with E-state index in [-0.39, 0.29) is 0 Å². The molecule has 2 nitrogen and oxygen atoms in total. The van der Waals surface area contributed by atoms with Gasteiger partial charge in [0.25, 0.3) is 0 Å². The monoisotopic (exact) mass is 315 g/mol. The third-order valence-electron chi connectivity index (χ3n) is 2.87. The molecule has 0 aromatic heterocycles. The maximum absolute atomic E-state index is 5.58. The maximum Gasteiger partial charge on any atom is 0.0603 e. The van der Waals surface area contributed by atoms with E-state index in [1.165, 1.54) is 4.90 Å². The molecule has 1 aromatic rings. The van der Waals surface area contributed by atoms with E-state index in [1.807, 2.05) is 11.8 Å². The highest BCUT2D eigenvalue weighted by molar-refractivity contribution is 9.10. The first-order valence-corrected chi connectivity index (χ1v) is 7.70. The predicted octanol–water partition coefficient (Wildman–Crippen LogP) is 3.31. The molecular formula is C13H18BrNOS. The van der Waals surface area contributed by atoms with Crippen LogP contribution in [0.5, 0.6) is 0 Å². The first-order chi connectivity index (χ1) is 8.29. The van der Waals surface area contributed by atoms with Crippen LogP contribution in [0.3, 0.4) is 0 Å². The maximum atomic E-state index is 5.58. The number of halogens is 1. The van der Waals surface area contributed by atoms with E-state index in [9.17, 15) is 0 Å². The number of rotatable bonds is 4. The summed E-state index contributed by atoms with van der Waals surface area (Å²) in [6, 6.07) is 9.07. The zero-order valence-corrected chi connectivity index (χ0v) is 12.4. The molecule has 0 radical (unpaired) electrons. The minimum atomic E-state index is 0.518. The van der Waals surface area contributed by atoms with E-state index in [0.29, 0.717) is 11.3 Å². The van der Waals surface area contributed by atoms with Crippen LogP contribution in [0.4, 0.5) is 0 Å². The molecular weight excluding hydrogens is 298 g/mol. The summed E-state index contributed by atoms with van der Waals surface area (Å²) in [6.07, 6.45) is 1.11. The molecule has 1 N–H and O–H groups in total. The van der Waals surface area contributed by atoms with Crippen molar-refractivity contribution in [2.45, 2.75) is 29.5 Å². The average Bonchev–Trinajstić information content (AvgIpc) is 2.35. The van der Waals surface area contributed by atoms with Crippen molar-refractivity contribution in [2.24, 2.45) is 0 Å². The Morgan fingerprint density at radius 2 is 2.18 bits per heavy atom. The summed E-state index contributed by atoms with van der Waals surface area (Å²) in [5.41, 5.74) is 0. The first-order valence-electron chi connectivity index (χ1n) is 6.03. The lowest BCUT2D eigenvalue weighted by atomic mass is 10.1. The van der Waals surface area contributed by atoms with Gasteiger partial charge in [0.15, 0.2) is 0 Å². The van der Waals surface area contributed by atoms with Gasteiger partial charge in [0, 0.05) is 27.3 Å². The van der Waals surface area contributed by atoms with Gasteiger partial charge < -0.3 is 10.1 Å². The Morgan fingerprint density at radius 1 is 1.41 bits per heavy atom. The summed E-state index contributed by atoms with van der Waals surface area (Å²) in [6.45, 7) is 4.92. The second-order valence-corrected chi connectivity index (χ2v) is 6.37. The van der Waals surface area contributed by atoms with Gasteiger partial charge in [-0.25, -0.2) is 0 Å². The van der Waals surface area contributed by atoms with Gasteiger partial charge in [-0.05, 0) is 37.2 Å². The number of benzene rings is 1. The second kappa shape index (κ2) is 6.78. The molecule has 0 saturated carbocycles. The first kappa shape index (κ1) is 13.4. The van der Waals surface area contributed by atoms with E-state index in [2.05, 4.69) is 52.4 Å². The Kier molecular flexibility index (Phi) is 5.35. The lowest BCUT2D eigenvalue weighted by Gasteiger charge is -2.31. The van der Waals surface area contributed by atoms with Crippen molar-refractivity contribution >= 4 is 27.7 Å². The smallest absolute Gasteiger partial charge is 0.0603 e. The van der Waals surface area contributed by atoms with Gasteiger partial charge >= 0.3 is 0 Å². The number of thioether (sulfide) groups is 1. The number of ether oxygens (including phenoxy) is 1. The molecule has 94 valence electrons. The molecule has 2 rings (SSSR count). The van der Waals surface area contributed by atoms with Gasteiger partial charge in [-0.1, -0.05) is 22.9 Å². The van der Waals surface area contributed by atoms with Crippen LogP contribution >= 0.6 is 27.7 Å². The van der Waals surface area contributed by atoms with Crippen molar-refractivity contribution in [3.8, 4) is 0 Å². The van der Waals surface area contributed by atoms with E-state index in [4.69, 9.17) is 4.74 Å². The van der Waals surface area contributed by atoms with Crippen LogP contribution in [0.25, 0.3) is 0 Å². The summed E-state index contributed by atoms with van der Waals surface area (Å²) < 4.78 is 6.71. The highest BCUT2D eigenvalue weighted by Gasteiger charge is 2.25. The highest BCUT2D eigenvalue weighted by atomic mass is 79.9. The van der Waals surface area contributed by atoms with Gasteiger partial charge in [-0.2, -0.15) is 0 Å². The van der Waals surface area contributed by atoms with E-state index < -0.39 is 0 Å². The number of hydrogen-bond donors (Lipinski definition) is 1. The molecule has 17 heavy (non-hydrogen) atoms. The summed E-state index contributed by atoms with van der Waals surface area (Å²) in [4.78, 5) is 1.31. The molecule has 1 aliphatic heterocycles. The lowest BCUT2D eigenvalue weighted by Crippen LogP contribution is -2.44. The highest BCUT2D eigenvalue weighted by Crippen LogP contribution is 2.29. The number of nitrogens with one attached hydrogen (secondary N) is 1. The third-order valence-corrected chi connectivity index (χ3v) is 4.71. The quantitative estimate of drug-likeness (QED) is 0.921. The summed E-state index contributed by atoms with van der Waals surface area (Å²) in [7, 11) is 0. The van der Waals surface area contributed by atoms with Crippen molar-refractivity contribution in [1.82, 2.24) is 5.32 Å². The van der Waals surface area contributed by atoms with Gasteiger partial charge in [0.2, 0.25) is 0 Å². The Bertz CT molecular complexity index is 342. The van der Waals surface area contributed by atoms with Crippen LogP contribution in [0.2, 0.25) is 0 Å². The Labute approximate surface area is 116 Å². The van der Waals surface area contributed by atoms with Crippen LogP contribution in [-0.4, -0.2) is 31.1 Å². The molecule has 1 aromatic carbocycles. The topological polar surface area (TPSA) is 21.3 Å². The van der Waals surface area contributed by atoms with Gasteiger partial charge in [-0.3, -0.25) is 0 Å². The van der Waals surface area contributed by atoms with Gasteiger partial charge in [-0.15, -0.1) is 11.8 Å². The summed E-state index contributed by atoms with van der Waals surface area (Å²) in [5, 5.41) is 4.07. The van der Waals surface area contributed by atoms with Gasteiger partial charge in [0.1, 0.15) is 0 Å². The molecule has 1 fully saturated rings. The molecule has 4 heteroatoms. The van der Waals surface area contributed by atoms with E-state index in [0.717, 1.165) is 30.7 Å². The molecule has 0 spiro atoms. The second-order valence-electron chi connectivity index (χ2n) is 4.14. The Hall–Kier alpha value is -0.0300. The van der Waals surface area contributed by atoms with Crippen molar-refractivity contribution in [1.29, 1.82) is 0 Å². The molecule has 0 amide bonds. The van der Waals surface area contributed by atoms with Crippen molar-refractivity contribution < 1.29 is 4.74 Å². The zero-order chi connectivity index (χ0) is 12.1. The minimum Gasteiger partial charge on any atom is -0.380 e. The average molecular weight is 316 g/mol. The fourth-order valence-corrected chi connectivity index (χ4v) is 3.48. The lowest BCUT2D eigenvalue weighted by molar-refractivity contribution is 0.0837. The summed E-state index contributed by atoms with van der Waals surface area (Å²) >= 11 is 5.37. The molecule has 0 bridgehead atoms. The largest absolute Gasteiger partial charge is 0.380 e. The zero-order valence-electron chi connectivity index (χ0n) is 9.99. The van der Waals surface area contributed by atoms with Crippen LogP contribution in [0.15, 0.2) is 33.6 Å². The Morgan fingerprint density at radius 3 is 2.88 bits per heavy atom. The third kappa shape index (κ3) is 3.98. The molecule has 0 aliphatic carbocycles. The van der Waals surface area contributed by atoms with Crippen molar-refractivity contribution in [3.05, 3.63) is 28.7 Å². The molecule has 2 unspecified atom stereocenters. The van der Waals surface area contributed by atoms with E-state index >= 15 is 0 Å². The number of hydrogen-bond acceptors (Lipinski definition) is 3. The van der Waals surface area contributed by atoms with Crippen LogP contribution < -0.4 is 5.32 Å². The fourth-order valence-electron chi connectivity index (χ4n) is 2.01. The fraction of sp³-hybridized carbons (Fsp3) is 0.538.